The van der Waals surface area contributed by atoms with Gasteiger partial charge >= 0.3 is 6.09 Å². The van der Waals surface area contributed by atoms with Crippen LogP contribution in [0.5, 0.6) is 0 Å². The molecular weight excluding hydrogens is 408 g/mol. The van der Waals surface area contributed by atoms with Gasteiger partial charge < -0.3 is 10.1 Å². The highest BCUT2D eigenvalue weighted by Gasteiger charge is 2.28. The maximum absolute atomic E-state index is 12.2. The highest BCUT2D eigenvalue weighted by molar-refractivity contribution is 6.30. The van der Waals surface area contributed by atoms with Crippen molar-refractivity contribution in [2.45, 2.75) is 12.3 Å². The third-order valence-electron chi connectivity index (χ3n) is 5.19. The first kappa shape index (κ1) is 20.5. The molecule has 0 bridgehead atoms. The molecule has 31 heavy (non-hydrogen) atoms. The lowest BCUT2D eigenvalue weighted by Gasteiger charge is -2.14. The quantitative estimate of drug-likeness (QED) is 0.443. The molecule has 5 heteroatoms. The average Bonchev–Trinajstić information content (AvgIpc) is 3.12. The van der Waals surface area contributed by atoms with E-state index in [0.717, 1.165) is 0 Å². The zero-order valence-electron chi connectivity index (χ0n) is 16.7. The predicted octanol–water partition coefficient (Wildman–Crippen LogP) is 5.49. The highest BCUT2D eigenvalue weighted by Crippen LogP contribution is 2.44. The van der Waals surface area contributed by atoms with E-state index < -0.39 is 6.09 Å². The third kappa shape index (κ3) is 4.56. The fourth-order valence-corrected chi connectivity index (χ4v) is 3.92. The summed E-state index contributed by atoms with van der Waals surface area (Å²) in [6.07, 6.45) is -0.0228. The number of halogens is 1. The number of carbonyl (C=O) groups is 1. The second-order valence-corrected chi connectivity index (χ2v) is 7.54. The van der Waals surface area contributed by atoms with E-state index in [0.29, 0.717) is 29.1 Å². The van der Waals surface area contributed by atoms with E-state index in [2.05, 4.69) is 47.5 Å². The molecule has 0 spiro atoms. The number of benzene rings is 3. The molecular formula is C26H19ClN2O2. The molecule has 152 valence electrons. The molecule has 0 aromatic heterocycles. The maximum Gasteiger partial charge on any atom is 0.407 e. The zero-order valence-corrected chi connectivity index (χ0v) is 17.4. The first-order chi connectivity index (χ1) is 15.2. The molecule has 4 nitrogen and oxygen atoms in total. The van der Waals surface area contributed by atoms with Gasteiger partial charge in [0.2, 0.25) is 0 Å². The van der Waals surface area contributed by atoms with Gasteiger partial charge in [0.05, 0.1) is 5.56 Å². The van der Waals surface area contributed by atoms with Crippen molar-refractivity contribution >= 4 is 17.7 Å². The molecule has 0 saturated heterocycles. The summed E-state index contributed by atoms with van der Waals surface area (Å²) in [6, 6.07) is 23.5. The number of rotatable bonds is 4. The first-order valence-electron chi connectivity index (χ1n) is 9.94. The van der Waals surface area contributed by atoms with Crippen LogP contribution in [0.15, 0.2) is 66.7 Å². The van der Waals surface area contributed by atoms with Gasteiger partial charge in [-0.25, -0.2) is 4.79 Å². The van der Waals surface area contributed by atoms with E-state index >= 15 is 0 Å². The molecule has 3 aromatic carbocycles. The van der Waals surface area contributed by atoms with E-state index in [1.54, 1.807) is 18.2 Å². The monoisotopic (exact) mass is 426 g/mol. The minimum Gasteiger partial charge on any atom is -0.449 e. The lowest BCUT2D eigenvalue weighted by molar-refractivity contribution is 0.143. The summed E-state index contributed by atoms with van der Waals surface area (Å²) in [6.45, 7) is 0.640. The molecule has 1 amide bonds. The van der Waals surface area contributed by atoms with Crippen molar-refractivity contribution in [1.29, 1.82) is 5.26 Å². The number of hydrogen-bond donors (Lipinski definition) is 1. The van der Waals surface area contributed by atoms with Gasteiger partial charge in [0.15, 0.2) is 0 Å². The van der Waals surface area contributed by atoms with Gasteiger partial charge in [0.1, 0.15) is 12.7 Å². The first-order valence-corrected chi connectivity index (χ1v) is 10.3. The van der Waals surface area contributed by atoms with Crippen molar-refractivity contribution in [3.63, 3.8) is 0 Å². The Balaban J connectivity index is 1.30. The molecule has 1 aliphatic rings. The number of hydrogen-bond acceptors (Lipinski definition) is 3. The van der Waals surface area contributed by atoms with Crippen molar-refractivity contribution in [2.75, 3.05) is 13.2 Å². The molecule has 3 aromatic rings. The zero-order chi connectivity index (χ0) is 21.6. The van der Waals surface area contributed by atoms with Crippen LogP contribution in [-0.4, -0.2) is 19.2 Å². The van der Waals surface area contributed by atoms with Crippen molar-refractivity contribution in [3.05, 3.63) is 94.0 Å². The molecule has 0 heterocycles. The van der Waals surface area contributed by atoms with Crippen LogP contribution in [0.25, 0.3) is 11.1 Å². The van der Waals surface area contributed by atoms with Crippen LogP contribution < -0.4 is 5.32 Å². The summed E-state index contributed by atoms with van der Waals surface area (Å²) in [5.74, 6) is 5.94. The Morgan fingerprint density at radius 2 is 1.68 bits per heavy atom. The van der Waals surface area contributed by atoms with Crippen LogP contribution in [-0.2, 0) is 4.74 Å². The molecule has 0 radical (unpaired) electrons. The van der Waals surface area contributed by atoms with Crippen molar-refractivity contribution in [3.8, 4) is 29.0 Å². The molecule has 0 aliphatic heterocycles. The third-order valence-corrected chi connectivity index (χ3v) is 5.42. The number of alkyl carbamates (subject to hydrolysis) is 1. The van der Waals surface area contributed by atoms with Gasteiger partial charge in [-0.2, -0.15) is 5.26 Å². The molecule has 1 aliphatic carbocycles. The van der Waals surface area contributed by atoms with Crippen LogP contribution in [0.4, 0.5) is 4.79 Å². The second-order valence-electron chi connectivity index (χ2n) is 7.11. The van der Waals surface area contributed by atoms with Crippen molar-refractivity contribution in [2.24, 2.45) is 0 Å². The number of carbonyl (C=O) groups excluding carboxylic acids is 1. The molecule has 0 saturated carbocycles. The van der Waals surface area contributed by atoms with E-state index in [1.807, 2.05) is 24.3 Å². The summed E-state index contributed by atoms with van der Waals surface area (Å²) < 4.78 is 5.50. The van der Waals surface area contributed by atoms with Gasteiger partial charge in [-0.1, -0.05) is 72.0 Å². The highest BCUT2D eigenvalue weighted by atomic mass is 35.5. The molecule has 4 rings (SSSR count). The fourth-order valence-electron chi connectivity index (χ4n) is 3.75. The molecule has 0 atom stereocenters. The van der Waals surface area contributed by atoms with Gasteiger partial charge in [-0.3, -0.25) is 0 Å². The summed E-state index contributed by atoms with van der Waals surface area (Å²) in [5.41, 5.74) is 5.80. The Morgan fingerprint density at radius 3 is 2.35 bits per heavy atom. The lowest BCUT2D eigenvalue weighted by Crippen LogP contribution is -2.26. The Labute approximate surface area is 186 Å². The lowest BCUT2D eigenvalue weighted by atomic mass is 9.98. The van der Waals surface area contributed by atoms with Gasteiger partial charge in [0, 0.05) is 29.5 Å². The Morgan fingerprint density at radius 1 is 1.00 bits per heavy atom. The van der Waals surface area contributed by atoms with Crippen LogP contribution >= 0.6 is 11.6 Å². The van der Waals surface area contributed by atoms with E-state index in [9.17, 15) is 4.79 Å². The number of fused-ring (bicyclic) bond motifs is 3. The second kappa shape index (κ2) is 9.39. The SMILES string of the molecule is N#Cc1cc(Cl)ccc1C#CCCNC(=O)OCC1c2ccccc2-c2ccccc21. The number of nitrogens with one attached hydrogen (secondary N) is 1. The molecule has 1 N–H and O–H groups in total. The standard InChI is InChI=1S/C26H19ClN2O2/c27-20-13-12-18(19(15-20)16-28)7-5-6-14-29-26(30)31-17-25-23-10-3-1-8-21(23)22-9-2-4-11-24(22)25/h1-4,8-13,15,25H,6,14,17H2,(H,29,30). The maximum atomic E-state index is 12.2. The van der Waals surface area contributed by atoms with Crippen LogP contribution in [0, 0.1) is 23.2 Å². The van der Waals surface area contributed by atoms with Crippen LogP contribution in [0.1, 0.15) is 34.6 Å². The Bertz CT molecular complexity index is 1190. The fraction of sp³-hybridized carbons (Fsp3) is 0.154. The van der Waals surface area contributed by atoms with E-state index in [4.69, 9.17) is 21.6 Å². The van der Waals surface area contributed by atoms with Gasteiger partial charge in [-0.05, 0) is 40.5 Å². The van der Waals surface area contributed by atoms with Gasteiger partial charge in [-0.15, -0.1) is 0 Å². The average molecular weight is 427 g/mol. The topological polar surface area (TPSA) is 62.1 Å². The van der Waals surface area contributed by atoms with E-state index in [1.165, 1.54) is 22.3 Å². The largest absolute Gasteiger partial charge is 0.449 e. The number of nitrogens with zero attached hydrogens (tertiary/aromatic N) is 1. The Kier molecular flexibility index (Phi) is 6.22. The molecule has 0 fully saturated rings. The number of nitriles is 1. The van der Waals surface area contributed by atoms with Crippen molar-refractivity contribution in [1.82, 2.24) is 5.32 Å². The van der Waals surface area contributed by atoms with Gasteiger partial charge in [0.25, 0.3) is 0 Å². The number of ether oxygens (including phenoxy) is 1. The number of amides is 1. The normalized spacial score (nSPS) is 11.5. The summed E-state index contributed by atoms with van der Waals surface area (Å²) in [4.78, 5) is 12.2. The Hall–Kier alpha value is -3.73. The smallest absolute Gasteiger partial charge is 0.407 e. The predicted molar refractivity (Wildman–Crippen MR) is 121 cm³/mol. The molecule has 0 unspecified atom stereocenters. The summed E-state index contributed by atoms with van der Waals surface area (Å²) >= 11 is 5.89. The van der Waals surface area contributed by atoms with Crippen LogP contribution in [0.3, 0.4) is 0 Å². The van der Waals surface area contributed by atoms with Crippen LogP contribution in [0.2, 0.25) is 5.02 Å². The minimum absolute atomic E-state index is 0.0345. The van der Waals surface area contributed by atoms with Crippen molar-refractivity contribution < 1.29 is 9.53 Å². The summed E-state index contributed by atoms with van der Waals surface area (Å²) in [7, 11) is 0. The minimum atomic E-state index is -0.465. The van der Waals surface area contributed by atoms with E-state index in [-0.39, 0.29) is 12.5 Å². The summed E-state index contributed by atoms with van der Waals surface area (Å²) in [5, 5.41) is 12.4.